The summed E-state index contributed by atoms with van der Waals surface area (Å²) < 4.78 is 18.3. The van der Waals surface area contributed by atoms with Crippen LogP contribution in [0.3, 0.4) is 0 Å². The minimum Gasteiger partial charge on any atom is -0.384 e. The molecule has 1 atom stereocenters. The molecule has 2 fully saturated rings. The number of halogens is 1. The van der Waals surface area contributed by atoms with Crippen LogP contribution in [0.5, 0.6) is 0 Å². The molecule has 0 radical (unpaired) electrons. The standard InChI is InChI=1S/C16H18FN3O2/c17-13-5-3-12(4-6-13)16(21)7-8-20(10-16)9-14-18-15(22-19-14)11-1-2-11/h3-6,11,21H,1-2,7-10H2. The van der Waals surface area contributed by atoms with Gasteiger partial charge in [0.15, 0.2) is 5.82 Å². The molecule has 1 saturated heterocycles. The van der Waals surface area contributed by atoms with E-state index in [9.17, 15) is 9.50 Å². The highest BCUT2D eigenvalue weighted by Crippen LogP contribution is 2.39. The van der Waals surface area contributed by atoms with E-state index in [1.807, 2.05) is 0 Å². The van der Waals surface area contributed by atoms with Gasteiger partial charge in [0, 0.05) is 19.0 Å². The van der Waals surface area contributed by atoms with Crippen LogP contribution in [0.2, 0.25) is 0 Å². The molecule has 2 aromatic rings. The lowest BCUT2D eigenvalue weighted by molar-refractivity contribution is 0.0449. The van der Waals surface area contributed by atoms with Crippen LogP contribution in [0, 0.1) is 5.82 Å². The number of aliphatic hydroxyl groups is 1. The average molecular weight is 303 g/mol. The fraction of sp³-hybridized carbons (Fsp3) is 0.500. The van der Waals surface area contributed by atoms with E-state index in [1.54, 1.807) is 12.1 Å². The molecule has 6 heteroatoms. The van der Waals surface area contributed by atoms with Crippen molar-refractivity contribution in [3.05, 3.63) is 47.4 Å². The minimum atomic E-state index is -0.934. The first-order valence-electron chi connectivity index (χ1n) is 7.66. The van der Waals surface area contributed by atoms with Gasteiger partial charge in [-0.05, 0) is 37.0 Å². The molecule has 1 N–H and O–H groups in total. The van der Waals surface area contributed by atoms with Crippen molar-refractivity contribution in [2.45, 2.75) is 37.3 Å². The second-order valence-corrected chi connectivity index (χ2v) is 6.32. The summed E-state index contributed by atoms with van der Waals surface area (Å²) in [5.74, 6) is 1.57. The summed E-state index contributed by atoms with van der Waals surface area (Å²) in [7, 11) is 0. The van der Waals surface area contributed by atoms with Crippen molar-refractivity contribution in [2.24, 2.45) is 0 Å². The van der Waals surface area contributed by atoms with Crippen molar-refractivity contribution >= 4 is 0 Å². The zero-order valence-corrected chi connectivity index (χ0v) is 12.2. The third kappa shape index (κ3) is 2.64. The van der Waals surface area contributed by atoms with Crippen LogP contribution < -0.4 is 0 Å². The molecule has 0 amide bonds. The molecule has 22 heavy (non-hydrogen) atoms. The SMILES string of the molecule is OC1(c2ccc(F)cc2)CCN(Cc2noc(C3CC3)n2)C1. The number of hydrogen-bond acceptors (Lipinski definition) is 5. The minimum absolute atomic E-state index is 0.290. The average Bonchev–Trinajstić information content (AvgIpc) is 3.14. The van der Waals surface area contributed by atoms with Crippen LogP contribution in [-0.4, -0.2) is 33.2 Å². The predicted octanol–water partition coefficient (Wildman–Crippen LogP) is 2.18. The highest BCUT2D eigenvalue weighted by atomic mass is 19.1. The Morgan fingerprint density at radius 3 is 2.82 bits per heavy atom. The smallest absolute Gasteiger partial charge is 0.229 e. The number of aromatic nitrogens is 2. The van der Waals surface area contributed by atoms with Crippen molar-refractivity contribution < 1.29 is 14.0 Å². The molecule has 1 aliphatic carbocycles. The van der Waals surface area contributed by atoms with Crippen LogP contribution in [0.25, 0.3) is 0 Å². The van der Waals surface area contributed by atoms with Gasteiger partial charge < -0.3 is 9.63 Å². The molecule has 1 aliphatic heterocycles. The highest BCUT2D eigenvalue weighted by Gasteiger charge is 2.38. The number of β-amino-alcohol motifs (C(OH)–C–C–N with tert-alkyl or cyclic N) is 1. The summed E-state index contributed by atoms with van der Waals surface area (Å²) in [4.78, 5) is 6.52. The van der Waals surface area contributed by atoms with E-state index >= 15 is 0 Å². The molecular weight excluding hydrogens is 285 g/mol. The van der Waals surface area contributed by atoms with Gasteiger partial charge in [0.05, 0.1) is 6.54 Å². The maximum atomic E-state index is 13.0. The maximum Gasteiger partial charge on any atom is 0.229 e. The van der Waals surface area contributed by atoms with Gasteiger partial charge in [-0.15, -0.1) is 0 Å². The molecule has 0 spiro atoms. The Hall–Kier alpha value is -1.79. The van der Waals surface area contributed by atoms with E-state index in [0.29, 0.717) is 31.3 Å². The van der Waals surface area contributed by atoms with Gasteiger partial charge in [-0.2, -0.15) is 4.98 Å². The molecule has 2 aliphatic rings. The Morgan fingerprint density at radius 1 is 1.32 bits per heavy atom. The molecular formula is C16H18FN3O2. The Labute approximate surface area is 127 Å². The first-order chi connectivity index (χ1) is 10.6. The molecule has 1 saturated carbocycles. The monoisotopic (exact) mass is 303 g/mol. The number of benzene rings is 1. The lowest BCUT2D eigenvalue weighted by Gasteiger charge is -2.23. The second-order valence-electron chi connectivity index (χ2n) is 6.32. The van der Waals surface area contributed by atoms with Crippen LogP contribution in [0.4, 0.5) is 4.39 Å². The number of likely N-dealkylation sites (tertiary alicyclic amines) is 1. The van der Waals surface area contributed by atoms with E-state index in [1.165, 1.54) is 12.1 Å². The molecule has 2 heterocycles. The summed E-state index contributed by atoms with van der Waals surface area (Å²) in [5.41, 5.74) is -0.181. The summed E-state index contributed by atoms with van der Waals surface area (Å²) in [6.07, 6.45) is 2.89. The fourth-order valence-corrected chi connectivity index (χ4v) is 3.03. The summed E-state index contributed by atoms with van der Waals surface area (Å²) in [6, 6.07) is 6.07. The molecule has 116 valence electrons. The zero-order chi connectivity index (χ0) is 15.2. The number of nitrogens with zero attached hydrogens (tertiary/aromatic N) is 3. The molecule has 1 aromatic heterocycles. The highest BCUT2D eigenvalue weighted by molar-refractivity contribution is 5.25. The summed E-state index contributed by atoms with van der Waals surface area (Å²) >= 11 is 0. The van der Waals surface area contributed by atoms with Gasteiger partial charge in [-0.25, -0.2) is 4.39 Å². The van der Waals surface area contributed by atoms with Gasteiger partial charge >= 0.3 is 0 Å². The molecule has 4 rings (SSSR count). The summed E-state index contributed by atoms with van der Waals surface area (Å²) in [5, 5.41) is 14.8. The molecule has 1 unspecified atom stereocenters. The third-order valence-electron chi connectivity index (χ3n) is 4.48. The Balaban J connectivity index is 1.43. The Morgan fingerprint density at radius 2 is 2.09 bits per heavy atom. The van der Waals surface area contributed by atoms with Crippen molar-refractivity contribution in [3.8, 4) is 0 Å². The van der Waals surface area contributed by atoms with Crippen molar-refractivity contribution in [3.63, 3.8) is 0 Å². The molecule has 0 bridgehead atoms. The van der Waals surface area contributed by atoms with E-state index < -0.39 is 5.60 Å². The first-order valence-corrected chi connectivity index (χ1v) is 7.66. The van der Waals surface area contributed by atoms with Gasteiger partial charge in [-0.3, -0.25) is 4.90 Å². The van der Waals surface area contributed by atoms with Gasteiger partial charge in [0.25, 0.3) is 0 Å². The Bertz CT molecular complexity index is 668. The first kappa shape index (κ1) is 13.8. The normalized spacial score (nSPS) is 25.7. The zero-order valence-electron chi connectivity index (χ0n) is 12.2. The van der Waals surface area contributed by atoms with Crippen LogP contribution >= 0.6 is 0 Å². The van der Waals surface area contributed by atoms with Crippen LogP contribution in [-0.2, 0) is 12.1 Å². The van der Waals surface area contributed by atoms with E-state index in [0.717, 1.165) is 30.8 Å². The van der Waals surface area contributed by atoms with Gasteiger partial charge in [0.1, 0.15) is 11.4 Å². The van der Waals surface area contributed by atoms with E-state index in [2.05, 4.69) is 15.0 Å². The van der Waals surface area contributed by atoms with Gasteiger partial charge in [-0.1, -0.05) is 17.3 Å². The van der Waals surface area contributed by atoms with Crippen LogP contribution in [0.15, 0.2) is 28.8 Å². The van der Waals surface area contributed by atoms with Crippen molar-refractivity contribution in [2.75, 3.05) is 13.1 Å². The molecule has 5 nitrogen and oxygen atoms in total. The largest absolute Gasteiger partial charge is 0.384 e. The quantitative estimate of drug-likeness (QED) is 0.938. The second kappa shape index (κ2) is 5.14. The van der Waals surface area contributed by atoms with Crippen LogP contribution in [0.1, 0.15) is 42.5 Å². The van der Waals surface area contributed by atoms with Gasteiger partial charge in [0.2, 0.25) is 5.89 Å². The topological polar surface area (TPSA) is 62.4 Å². The third-order valence-corrected chi connectivity index (χ3v) is 4.48. The maximum absolute atomic E-state index is 13.0. The lowest BCUT2D eigenvalue weighted by atomic mass is 9.93. The van der Waals surface area contributed by atoms with E-state index in [-0.39, 0.29) is 5.82 Å². The number of hydrogen-bond donors (Lipinski definition) is 1. The van der Waals surface area contributed by atoms with E-state index in [4.69, 9.17) is 4.52 Å². The predicted molar refractivity (Wildman–Crippen MR) is 76.5 cm³/mol. The molecule has 1 aromatic carbocycles. The lowest BCUT2D eigenvalue weighted by Crippen LogP contribution is -2.30. The van der Waals surface area contributed by atoms with Crippen molar-refractivity contribution in [1.82, 2.24) is 15.0 Å². The fourth-order valence-electron chi connectivity index (χ4n) is 3.03. The Kier molecular flexibility index (Phi) is 3.23. The number of rotatable bonds is 4. The van der Waals surface area contributed by atoms with Crippen molar-refractivity contribution in [1.29, 1.82) is 0 Å². The summed E-state index contributed by atoms with van der Waals surface area (Å²) in [6.45, 7) is 1.81.